The zero-order valence-corrected chi connectivity index (χ0v) is 14.9. The van der Waals surface area contributed by atoms with Crippen LogP contribution in [-0.4, -0.2) is 47.3 Å². The standard InChI is InChI=1S/C17H21F2N5OS/c18-17(19)5-6-20-12(7-17)11-4-2-1-3-10(11)8-24-14-13(21-9-22-14)15(25)23-16(24)26/h1-4,12-14,20-22H,5-9H2,(H,23,25,26). The smallest absolute Gasteiger partial charge is 0.251 e. The molecule has 0 bridgehead atoms. The van der Waals surface area contributed by atoms with Gasteiger partial charge in [-0.3, -0.25) is 15.4 Å². The lowest BCUT2D eigenvalue weighted by Gasteiger charge is -2.39. The van der Waals surface area contributed by atoms with Crippen molar-refractivity contribution in [2.24, 2.45) is 0 Å². The first-order chi connectivity index (χ1) is 12.4. The molecule has 6 nitrogen and oxygen atoms in total. The molecular weight excluding hydrogens is 360 g/mol. The fourth-order valence-electron chi connectivity index (χ4n) is 3.90. The first-order valence-electron chi connectivity index (χ1n) is 8.72. The van der Waals surface area contributed by atoms with Crippen molar-refractivity contribution >= 4 is 23.2 Å². The van der Waals surface area contributed by atoms with E-state index in [4.69, 9.17) is 12.2 Å². The van der Waals surface area contributed by atoms with Crippen molar-refractivity contribution in [2.75, 3.05) is 13.2 Å². The van der Waals surface area contributed by atoms with E-state index in [1.165, 1.54) is 0 Å². The summed E-state index contributed by atoms with van der Waals surface area (Å²) in [6, 6.07) is 6.79. The molecule has 1 aromatic rings. The van der Waals surface area contributed by atoms with E-state index >= 15 is 0 Å². The van der Waals surface area contributed by atoms with Crippen LogP contribution in [-0.2, 0) is 11.3 Å². The predicted octanol–water partition coefficient (Wildman–Crippen LogP) is 0.808. The molecule has 0 radical (unpaired) electrons. The highest BCUT2D eigenvalue weighted by Gasteiger charge is 2.43. The maximum atomic E-state index is 13.9. The van der Waals surface area contributed by atoms with Crippen molar-refractivity contribution in [1.82, 2.24) is 26.2 Å². The van der Waals surface area contributed by atoms with Crippen molar-refractivity contribution in [2.45, 2.75) is 43.6 Å². The van der Waals surface area contributed by atoms with Crippen molar-refractivity contribution in [3.8, 4) is 0 Å². The number of hydrogen-bond acceptors (Lipinski definition) is 5. The number of piperidine rings is 1. The van der Waals surface area contributed by atoms with Crippen molar-refractivity contribution in [1.29, 1.82) is 0 Å². The summed E-state index contributed by atoms with van der Waals surface area (Å²) < 4.78 is 27.7. The molecule has 140 valence electrons. The average Bonchev–Trinajstić information content (AvgIpc) is 3.08. The Morgan fingerprint density at radius 2 is 2.04 bits per heavy atom. The quantitative estimate of drug-likeness (QED) is 0.581. The molecule has 1 aromatic carbocycles. The van der Waals surface area contributed by atoms with Crippen molar-refractivity contribution in [3.05, 3.63) is 35.4 Å². The molecule has 0 saturated carbocycles. The highest BCUT2D eigenvalue weighted by Crippen LogP contribution is 2.36. The number of carbonyl (C=O) groups is 1. The molecule has 9 heteroatoms. The van der Waals surface area contributed by atoms with Crippen molar-refractivity contribution < 1.29 is 13.6 Å². The molecule has 26 heavy (non-hydrogen) atoms. The third-order valence-corrected chi connectivity index (χ3v) is 5.55. The Kier molecular flexibility index (Phi) is 4.64. The van der Waals surface area contributed by atoms with E-state index in [1.54, 1.807) is 0 Å². The Morgan fingerprint density at radius 1 is 1.23 bits per heavy atom. The van der Waals surface area contributed by atoms with Gasteiger partial charge in [0.15, 0.2) is 5.11 Å². The summed E-state index contributed by atoms with van der Waals surface area (Å²) in [4.78, 5) is 14.0. The molecule has 0 spiro atoms. The summed E-state index contributed by atoms with van der Waals surface area (Å²) >= 11 is 5.35. The summed E-state index contributed by atoms with van der Waals surface area (Å²) in [7, 11) is 0. The largest absolute Gasteiger partial charge is 0.327 e. The van der Waals surface area contributed by atoms with E-state index in [-0.39, 0.29) is 31.0 Å². The summed E-state index contributed by atoms with van der Waals surface area (Å²) in [6.07, 6.45) is -0.588. The fourth-order valence-corrected chi connectivity index (χ4v) is 4.18. The number of nitrogens with zero attached hydrogens (tertiary/aromatic N) is 1. The first-order valence-corrected chi connectivity index (χ1v) is 9.13. The molecule has 0 aliphatic carbocycles. The Bertz CT molecular complexity index is 731. The van der Waals surface area contributed by atoms with Gasteiger partial charge < -0.3 is 15.5 Å². The number of hydrogen-bond donors (Lipinski definition) is 4. The number of amides is 1. The molecule has 0 aromatic heterocycles. The van der Waals surface area contributed by atoms with Gasteiger partial charge in [-0.05, 0) is 23.3 Å². The Labute approximate surface area is 155 Å². The number of benzene rings is 1. The third kappa shape index (κ3) is 3.32. The number of nitrogens with one attached hydrogen (secondary N) is 4. The molecule has 3 saturated heterocycles. The summed E-state index contributed by atoms with van der Waals surface area (Å²) in [5, 5.41) is 12.6. The number of fused-ring (bicyclic) bond motifs is 1. The Balaban J connectivity index is 1.59. The topological polar surface area (TPSA) is 68.4 Å². The third-order valence-electron chi connectivity index (χ3n) is 5.21. The highest BCUT2D eigenvalue weighted by atomic mass is 32.1. The molecule has 4 N–H and O–H groups in total. The van der Waals surface area contributed by atoms with E-state index in [0.717, 1.165) is 11.1 Å². The maximum absolute atomic E-state index is 13.9. The van der Waals surface area contributed by atoms with Crippen LogP contribution in [0, 0.1) is 0 Å². The maximum Gasteiger partial charge on any atom is 0.251 e. The molecule has 3 unspecified atom stereocenters. The van der Waals surface area contributed by atoms with Gasteiger partial charge >= 0.3 is 0 Å². The lowest BCUT2D eigenvalue weighted by molar-refractivity contribution is -0.123. The van der Waals surface area contributed by atoms with Crippen LogP contribution in [0.25, 0.3) is 0 Å². The number of rotatable bonds is 3. The second-order valence-electron chi connectivity index (χ2n) is 6.95. The SMILES string of the molecule is O=C1NC(=S)N(Cc2ccccc2C2CC(F)(F)CCN2)C2NCNC12. The molecule has 3 aliphatic rings. The van der Waals surface area contributed by atoms with Crippen LogP contribution in [0.3, 0.4) is 0 Å². The van der Waals surface area contributed by atoms with Crippen LogP contribution >= 0.6 is 12.2 Å². The predicted molar refractivity (Wildman–Crippen MR) is 96.4 cm³/mol. The van der Waals surface area contributed by atoms with Gasteiger partial charge in [0.2, 0.25) is 5.91 Å². The van der Waals surface area contributed by atoms with E-state index in [9.17, 15) is 13.6 Å². The zero-order valence-electron chi connectivity index (χ0n) is 14.1. The summed E-state index contributed by atoms with van der Waals surface area (Å²) in [5.74, 6) is -2.80. The van der Waals surface area contributed by atoms with Gasteiger partial charge in [-0.1, -0.05) is 24.3 Å². The fraction of sp³-hybridized carbons (Fsp3) is 0.529. The molecule has 4 rings (SSSR count). The van der Waals surface area contributed by atoms with E-state index < -0.39 is 12.0 Å². The first kappa shape index (κ1) is 17.7. The number of carbonyl (C=O) groups excluding carboxylic acids is 1. The van der Waals surface area contributed by atoms with Crippen LogP contribution < -0.4 is 21.3 Å². The van der Waals surface area contributed by atoms with E-state index in [1.807, 2.05) is 29.2 Å². The molecule has 3 atom stereocenters. The average molecular weight is 381 g/mol. The van der Waals surface area contributed by atoms with Crippen LogP contribution in [0.2, 0.25) is 0 Å². The Hall–Kier alpha value is -1.68. The summed E-state index contributed by atoms with van der Waals surface area (Å²) in [5.41, 5.74) is 1.78. The van der Waals surface area contributed by atoms with Crippen molar-refractivity contribution in [3.63, 3.8) is 0 Å². The van der Waals surface area contributed by atoms with Crippen LogP contribution in [0.5, 0.6) is 0 Å². The molecule has 1 amide bonds. The number of thiocarbonyl (C=S) groups is 1. The van der Waals surface area contributed by atoms with Gasteiger partial charge in [0.05, 0.1) is 0 Å². The van der Waals surface area contributed by atoms with Gasteiger partial charge in [0.1, 0.15) is 12.2 Å². The molecular formula is C17H21F2N5OS. The van der Waals surface area contributed by atoms with Crippen LogP contribution in [0.1, 0.15) is 30.0 Å². The van der Waals surface area contributed by atoms with Crippen LogP contribution in [0.4, 0.5) is 8.78 Å². The zero-order chi connectivity index (χ0) is 18.3. The highest BCUT2D eigenvalue weighted by molar-refractivity contribution is 7.80. The number of halogens is 2. The number of alkyl halides is 2. The van der Waals surface area contributed by atoms with E-state index in [2.05, 4.69) is 21.3 Å². The Morgan fingerprint density at radius 3 is 2.85 bits per heavy atom. The minimum Gasteiger partial charge on any atom is -0.327 e. The molecule has 3 aliphatic heterocycles. The van der Waals surface area contributed by atoms with Gasteiger partial charge in [-0.15, -0.1) is 0 Å². The second kappa shape index (κ2) is 6.80. The molecule has 3 heterocycles. The van der Waals surface area contributed by atoms with Crippen LogP contribution in [0.15, 0.2) is 24.3 Å². The normalized spacial score (nSPS) is 30.8. The minimum absolute atomic E-state index is 0.132. The molecule has 3 fully saturated rings. The van der Waals surface area contributed by atoms with Gasteiger partial charge in [0.25, 0.3) is 5.92 Å². The second-order valence-corrected chi connectivity index (χ2v) is 7.33. The summed E-state index contributed by atoms with van der Waals surface area (Å²) in [6.45, 7) is 1.25. The van der Waals surface area contributed by atoms with Gasteiger partial charge in [-0.2, -0.15) is 0 Å². The lowest BCUT2D eigenvalue weighted by Crippen LogP contribution is -2.65. The minimum atomic E-state index is -2.65. The van der Waals surface area contributed by atoms with Gasteiger partial charge in [-0.25, -0.2) is 8.78 Å². The lowest BCUT2D eigenvalue weighted by atomic mass is 9.91. The van der Waals surface area contributed by atoms with E-state index in [0.29, 0.717) is 24.9 Å². The van der Waals surface area contributed by atoms with Gasteiger partial charge in [0, 0.05) is 38.6 Å². The monoisotopic (exact) mass is 381 g/mol.